The van der Waals surface area contributed by atoms with Gasteiger partial charge in [0.1, 0.15) is 11.4 Å². The second kappa shape index (κ2) is 7.84. The summed E-state index contributed by atoms with van der Waals surface area (Å²) >= 11 is 0. The predicted octanol–water partition coefficient (Wildman–Crippen LogP) is 3.28. The van der Waals surface area contributed by atoms with Gasteiger partial charge in [0.25, 0.3) is 0 Å². The van der Waals surface area contributed by atoms with E-state index in [0.717, 1.165) is 19.3 Å². The monoisotopic (exact) mass is 367 g/mol. The highest BCUT2D eigenvalue weighted by molar-refractivity contribution is 5.87. The van der Waals surface area contributed by atoms with Gasteiger partial charge in [0.05, 0.1) is 5.92 Å². The van der Waals surface area contributed by atoms with Crippen molar-refractivity contribution in [3.63, 3.8) is 0 Å². The van der Waals surface area contributed by atoms with Crippen molar-refractivity contribution in [1.82, 2.24) is 4.90 Å². The maximum atomic E-state index is 12.3. The molecule has 2 aliphatic rings. The van der Waals surface area contributed by atoms with Crippen molar-refractivity contribution in [2.45, 2.75) is 72.3 Å². The molecule has 1 heterocycles. The number of carbonyl (C=O) groups excluding carboxylic acids is 2. The Balaban J connectivity index is 2.00. The van der Waals surface area contributed by atoms with Crippen LogP contribution in [0, 0.1) is 17.3 Å². The third-order valence-electron chi connectivity index (χ3n) is 5.60. The molecule has 0 aromatic rings. The van der Waals surface area contributed by atoms with Crippen molar-refractivity contribution in [3.05, 3.63) is 0 Å². The number of hydrogen-bond donors (Lipinski definition) is 1. The van der Waals surface area contributed by atoms with Crippen LogP contribution in [0.3, 0.4) is 0 Å². The molecule has 1 saturated carbocycles. The predicted molar refractivity (Wildman–Crippen MR) is 99.4 cm³/mol. The SMILES string of the molecule is CC(C)C1(/C(N)=N/OC(=O)C2CCC2)CCN(C(=O)OC(C)(C)C)CC1. The van der Waals surface area contributed by atoms with Gasteiger partial charge in [-0.15, -0.1) is 0 Å². The van der Waals surface area contributed by atoms with Crippen molar-refractivity contribution >= 4 is 17.9 Å². The molecule has 2 N–H and O–H groups in total. The molecule has 0 spiro atoms. The quantitative estimate of drug-likeness (QED) is 0.356. The molecule has 0 unspecified atom stereocenters. The van der Waals surface area contributed by atoms with Gasteiger partial charge in [-0.2, -0.15) is 0 Å². The second-order valence-corrected chi connectivity index (χ2v) is 8.79. The van der Waals surface area contributed by atoms with Crippen LogP contribution in [-0.4, -0.2) is 41.5 Å². The van der Waals surface area contributed by atoms with Crippen LogP contribution in [0.5, 0.6) is 0 Å². The van der Waals surface area contributed by atoms with Crippen LogP contribution in [0.2, 0.25) is 0 Å². The molecule has 7 heteroatoms. The zero-order valence-corrected chi connectivity index (χ0v) is 16.7. The van der Waals surface area contributed by atoms with E-state index in [2.05, 4.69) is 19.0 Å². The van der Waals surface area contributed by atoms with E-state index in [4.69, 9.17) is 15.3 Å². The summed E-state index contributed by atoms with van der Waals surface area (Å²) in [7, 11) is 0. The summed E-state index contributed by atoms with van der Waals surface area (Å²) < 4.78 is 5.45. The van der Waals surface area contributed by atoms with Crippen LogP contribution in [0.25, 0.3) is 0 Å². The maximum absolute atomic E-state index is 12.3. The van der Waals surface area contributed by atoms with E-state index in [1.165, 1.54) is 0 Å². The third-order valence-corrected chi connectivity index (χ3v) is 5.60. The molecule has 1 amide bonds. The Labute approximate surface area is 156 Å². The zero-order valence-electron chi connectivity index (χ0n) is 16.7. The molecule has 2 fully saturated rings. The van der Waals surface area contributed by atoms with Gasteiger partial charge in [-0.25, -0.2) is 9.59 Å². The van der Waals surface area contributed by atoms with Gasteiger partial charge < -0.3 is 20.2 Å². The van der Waals surface area contributed by atoms with Crippen molar-refractivity contribution in [1.29, 1.82) is 0 Å². The molecular weight excluding hydrogens is 334 g/mol. The Morgan fingerprint density at radius 3 is 2.19 bits per heavy atom. The van der Waals surface area contributed by atoms with Gasteiger partial charge in [-0.3, -0.25) is 0 Å². The minimum absolute atomic E-state index is 0.0319. The van der Waals surface area contributed by atoms with E-state index in [1.807, 2.05) is 20.8 Å². The van der Waals surface area contributed by atoms with E-state index in [1.54, 1.807) is 4.90 Å². The maximum Gasteiger partial charge on any atom is 0.410 e. The van der Waals surface area contributed by atoms with Crippen LogP contribution >= 0.6 is 0 Å². The van der Waals surface area contributed by atoms with Gasteiger partial charge in [0.2, 0.25) is 0 Å². The number of carbonyl (C=O) groups is 2. The summed E-state index contributed by atoms with van der Waals surface area (Å²) in [6.07, 6.45) is 3.83. The van der Waals surface area contributed by atoms with Crippen molar-refractivity contribution < 1.29 is 19.2 Å². The van der Waals surface area contributed by atoms with Gasteiger partial charge >= 0.3 is 12.1 Å². The average molecular weight is 367 g/mol. The molecule has 26 heavy (non-hydrogen) atoms. The topological polar surface area (TPSA) is 94.2 Å². The highest BCUT2D eigenvalue weighted by Crippen LogP contribution is 2.39. The number of nitrogens with zero attached hydrogens (tertiary/aromatic N) is 2. The first-order chi connectivity index (χ1) is 12.0. The van der Waals surface area contributed by atoms with Crippen LogP contribution < -0.4 is 5.73 Å². The molecule has 0 bridgehead atoms. The summed E-state index contributed by atoms with van der Waals surface area (Å²) in [6, 6.07) is 0. The number of hydrogen-bond acceptors (Lipinski definition) is 5. The third kappa shape index (κ3) is 4.68. The minimum Gasteiger partial charge on any atom is -0.444 e. The van der Waals surface area contributed by atoms with Crippen molar-refractivity contribution in [2.24, 2.45) is 28.1 Å². The Bertz CT molecular complexity index is 554. The van der Waals surface area contributed by atoms with Crippen LogP contribution in [0.15, 0.2) is 5.16 Å². The van der Waals surface area contributed by atoms with Crippen molar-refractivity contribution in [3.8, 4) is 0 Å². The van der Waals surface area contributed by atoms with Crippen LogP contribution in [0.1, 0.15) is 66.7 Å². The number of amides is 1. The molecule has 1 aliphatic carbocycles. The largest absolute Gasteiger partial charge is 0.444 e. The van der Waals surface area contributed by atoms with Gasteiger partial charge in [-0.1, -0.05) is 25.4 Å². The molecular formula is C19H33N3O4. The second-order valence-electron chi connectivity index (χ2n) is 8.79. The molecule has 0 radical (unpaired) electrons. The van der Waals surface area contributed by atoms with E-state index in [0.29, 0.717) is 31.8 Å². The van der Waals surface area contributed by atoms with E-state index in [-0.39, 0.29) is 29.3 Å². The lowest BCUT2D eigenvalue weighted by atomic mass is 9.69. The fraction of sp³-hybridized carbons (Fsp3) is 0.842. The van der Waals surface area contributed by atoms with Crippen LogP contribution in [-0.2, 0) is 14.4 Å². The molecule has 1 aliphatic heterocycles. The first kappa shape index (κ1) is 20.5. The molecule has 0 atom stereocenters. The minimum atomic E-state index is -0.514. The average Bonchev–Trinajstić information content (AvgIpc) is 2.49. The normalized spacial score (nSPS) is 21.3. The molecule has 148 valence electrons. The smallest absolute Gasteiger partial charge is 0.410 e. The number of ether oxygens (including phenoxy) is 1. The molecule has 1 saturated heterocycles. The van der Waals surface area contributed by atoms with E-state index < -0.39 is 5.60 Å². The van der Waals surface area contributed by atoms with Gasteiger partial charge in [-0.05, 0) is 52.4 Å². The number of likely N-dealkylation sites (tertiary alicyclic amines) is 1. The molecule has 0 aromatic carbocycles. The lowest BCUT2D eigenvalue weighted by Gasteiger charge is -2.43. The molecule has 2 rings (SSSR count). The standard InChI is InChI=1S/C19H33N3O4/c1-13(2)19(16(20)21-26-15(23)14-7-6-8-14)9-11-22(12-10-19)17(24)25-18(3,4)5/h13-14H,6-12H2,1-5H3,(H2,20,21). The zero-order chi connectivity index (χ0) is 19.5. The first-order valence-corrected chi connectivity index (χ1v) is 9.58. The number of oxime groups is 1. The van der Waals surface area contributed by atoms with Gasteiger partial charge in [0.15, 0.2) is 0 Å². The molecule has 0 aromatic heterocycles. The molecule has 7 nitrogen and oxygen atoms in total. The summed E-state index contributed by atoms with van der Waals surface area (Å²) in [5, 5.41) is 3.98. The van der Waals surface area contributed by atoms with E-state index in [9.17, 15) is 9.59 Å². The Kier molecular flexibility index (Phi) is 6.19. The number of amidine groups is 1. The first-order valence-electron chi connectivity index (χ1n) is 9.58. The Morgan fingerprint density at radius 1 is 1.19 bits per heavy atom. The lowest BCUT2D eigenvalue weighted by molar-refractivity contribution is -0.151. The number of nitrogens with two attached hydrogens (primary N) is 1. The van der Waals surface area contributed by atoms with Gasteiger partial charge in [0, 0.05) is 18.5 Å². The number of rotatable bonds is 4. The van der Waals surface area contributed by atoms with Crippen molar-refractivity contribution in [2.75, 3.05) is 13.1 Å². The summed E-state index contributed by atoms with van der Waals surface area (Å²) in [5.41, 5.74) is 5.36. The Morgan fingerprint density at radius 2 is 1.77 bits per heavy atom. The number of piperidine rings is 1. The summed E-state index contributed by atoms with van der Waals surface area (Å²) in [4.78, 5) is 31.0. The Hall–Kier alpha value is -1.79. The highest BCUT2D eigenvalue weighted by Gasteiger charge is 2.43. The fourth-order valence-corrected chi connectivity index (χ4v) is 3.45. The lowest BCUT2D eigenvalue weighted by Crippen LogP contribution is -2.52. The fourth-order valence-electron chi connectivity index (χ4n) is 3.45. The highest BCUT2D eigenvalue weighted by atomic mass is 16.7. The summed E-state index contributed by atoms with van der Waals surface area (Å²) in [6.45, 7) is 10.8. The van der Waals surface area contributed by atoms with Crippen LogP contribution in [0.4, 0.5) is 4.79 Å². The van der Waals surface area contributed by atoms with E-state index >= 15 is 0 Å². The summed E-state index contributed by atoms with van der Waals surface area (Å²) in [5.74, 6) is 0.248.